The van der Waals surface area contributed by atoms with Crippen LogP contribution in [0.3, 0.4) is 0 Å². The van der Waals surface area contributed by atoms with Gasteiger partial charge < -0.3 is 15.5 Å². The summed E-state index contributed by atoms with van der Waals surface area (Å²) in [5, 5.41) is 6.24. The highest BCUT2D eigenvalue weighted by Gasteiger charge is 2.54. The third-order valence-corrected chi connectivity index (χ3v) is 4.94. The molecule has 0 fully saturated rings. The van der Waals surface area contributed by atoms with Crippen LogP contribution in [0.15, 0.2) is 48.5 Å². The summed E-state index contributed by atoms with van der Waals surface area (Å²) in [4.78, 5) is 27.8. The van der Waals surface area contributed by atoms with E-state index in [4.69, 9.17) is 0 Å². The summed E-state index contributed by atoms with van der Waals surface area (Å²) < 4.78 is 0. The molecule has 25 heavy (non-hydrogen) atoms. The minimum absolute atomic E-state index is 0.118. The van der Waals surface area contributed by atoms with Crippen molar-refractivity contribution in [1.82, 2.24) is 5.32 Å². The van der Waals surface area contributed by atoms with Crippen LogP contribution >= 0.6 is 0 Å². The van der Waals surface area contributed by atoms with E-state index in [1.165, 1.54) is 0 Å². The first-order valence-electron chi connectivity index (χ1n) is 8.78. The summed E-state index contributed by atoms with van der Waals surface area (Å²) >= 11 is 0. The second-order valence-electron chi connectivity index (χ2n) is 6.56. The summed E-state index contributed by atoms with van der Waals surface area (Å²) in [5.74, 6) is -0.347. The van der Waals surface area contributed by atoms with Gasteiger partial charge in [-0.2, -0.15) is 0 Å². The van der Waals surface area contributed by atoms with Gasteiger partial charge in [0.25, 0.3) is 11.8 Å². The van der Waals surface area contributed by atoms with Crippen LogP contribution in [-0.4, -0.2) is 18.4 Å². The summed E-state index contributed by atoms with van der Waals surface area (Å²) in [6.07, 6.45) is 3.11. The molecule has 2 aromatic rings. The lowest BCUT2D eigenvalue weighted by molar-refractivity contribution is -0.123. The Labute approximate surface area is 147 Å². The van der Waals surface area contributed by atoms with Gasteiger partial charge in [0.15, 0.2) is 0 Å². The molecule has 1 atom stereocenters. The van der Waals surface area contributed by atoms with Crippen molar-refractivity contribution in [2.45, 2.75) is 31.8 Å². The van der Waals surface area contributed by atoms with Crippen LogP contribution in [0.2, 0.25) is 0 Å². The monoisotopic (exact) mass is 335 g/mol. The van der Waals surface area contributed by atoms with Gasteiger partial charge in [-0.25, -0.2) is 0 Å². The molecule has 2 aliphatic heterocycles. The SMILES string of the molecule is CCCCCN1C(=O)[C@]2(NC(=O)c3ccccc3N2)c2ccccc21. The molecule has 5 heteroatoms. The summed E-state index contributed by atoms with van der Waals surface area (Å²) in [6.45, 7) is 2.80. The maximum atomic E-state index is 13.3. The molecule has 2 aliphatic rings. The standard InChI is InChI=1S/C20H21N3O2/c1-2-3-8-13-23-17-12-7-5-10-15(17)20(19(23)25)21-16-11-6-4-9-14(16)18(24)22-20/h4-7,9-12,21H,2-3,8,13H2,1H3,(H,22,24)/t20-/m1/s1. The maximum Gasteiger partial charge on any atom is 0.278 e. The quantitative estimate of drug-likeness (QED) is 0.843. The van der Waals surface area contributed by atoms with Gasteiger partial charge in [0.1, 0.15) is 0 Å². The van der Waals surface area contributed by atoms with Crippen molar-refractivity contribution in [2.24, 2.45) is 0 Å². The molecular weight excluding hydrogens is 314 g/mol. The Morgan fingerprint density at radius 1 is 0.960 bits per heavy atom. The van der Waals surface area contributed by atoms with Crippen molar-refractivity contribution in [3.8, 4) is 0 Å². The van der Waals surface area contributed by atoms with Gasteiger partial charge in [-0.3, -0.25) is 9.59 Å². The zero-order chi connectivity index (χ0) is 17.4. The Morgan fingerprint density at radius 3 is 2.56 bits per heavy atom. The number of nitrogens with one attached hydrogen (secondary N) is 2. The van der Waals surface area contributed by atoms with Crippen molar-refractivity contribution in [3.05, 3.63) is 59.7 Å². The van der Waals surface area contributed by atoms with Crippen LogP contribution < -0.4 is 15.5 Å². The summed E-state index contributed by atoms with van der Waals surface area (Å²) in [7, 11) is 0. The van der Waals surface area contributed by atoms with Crippen LogP contribution in [0, 0.1) is 0 Å². The zero-order valence-corrected chi connectivity index (χ0v) is 14.2. The van der Waals surface area contributed by atoms with Crippen LogP contribution in [0.25, 0.3) is 0 Å². The topological polar surface area (TPSA) is 61.4 Å². The molecular formula is C20H21N3O2. The van der Waals surface area contributed by atoms with E-state index in [2.05, 4.69) is 17.6 Å². The molecule has 0 bridgehead atoms. The molecule has 0 radical (unpaired) electrons. The third kappa shape index (κ3) is 2.30. The number of carbonyl (C=O) groups excluding carboxylic acids is 2. The van der Waals surface area contributed by atoms with Gasteiger partial charge in [0, 0.05) is 17.8 Å². The van der Waals surface area contributed by atoms with Gasteiger partial charge in [-0.1, -0.05) is 50.1 Å². The van der Waals surface area contributed by atoms with E-state index >= 15 is 0 Å². The maximum absolute atomic E-state index is 13.3. The second kappa shape index (κ2) is 5.92. The molecule has 0 aliphatic carbocycles. The summed E-state index contributed by atoms with van der Waals surface area (Å²) in [6, 6.07) is 15.0. The molecule has 2 aromatic carbocycles. The first-order valence-corrected chi connectivity index (χ1v) is 8.78. The Hall–Kier alpha value is -2.82. The highest BCUT2D eigenvalue weighted by molar-refractivity contribution is 6.15. The van der Waals surface area contributed by atoms with Gasteiger partial charge >= 0.3 is 0 Å². The Bertz CT molecular complexity index is 848. The number of benzene rings is 2. The largest absolute Gasteiger partial charge is 0.350 e. The number of anilines is 2. The zero-order valence-electron chi connectivity index (χ0n) is 14.2. The van der Waals surface area contributed by atoms with Crippen LogP contribution in [0.5, 0.6) is 0 Å². The number of fused-ring (bicyclic) bond motifs is 3. The Morgan fingerprint density at radius 2 is 1.72 bits per heavy atom. The molecule has 0 saturated heterocycles. The van der Waals surface area contributed by atoms with Gasteiger partial charge in [-0.15, -0.1) is 0 Å². The van der Waals surface area contributed by atoms with E-state index in [0.717, 1.165) is 30.5 Å². The van der Waals surface area contributed by atoms with E-state index in [9.17, 15) is 9.59 Å². The minimum atomic E-state index is -1.21. The fraction of sp³-hybridized carbons (Fsp3) is 0.300. The Kier molecular flexibility index (Phi) is 3.71. The lowest BCUT2D eigenvalue weighted by atomic mass is 9.96. The van der Waals surface area contributed by atoms with Crippen LogP contribution in [0.1, 0.15) is 42.1 Å². The smallest absolute Gasteiger partial charge is 0.278 e. The van der Waals surface area contributed by atoms with Gasteiger partial charge in [0.05, 0.1) is 11.3 Å². The van der Waals surface area contributed by atoms with Crippen molar-refractivity contribution in [2.75, 3.05) is 16.8 Å². The highest BCUT2D eigenvalue weighted by Crippen LogP contribution is 2.43. The van der Waals surface area contributed by atoms with Crippen molar-refractivity contribution in [1.29, 1.82) is 0 Å². The molecule has 1 spiro atoms. The fourth-order valence-corrected chi connectivity index (χ4v) is 3.70. The molecule has 0 unspecified atom stereocenters. The van der Waals surface area contributed by atoms with Crippen molar-refractivity contribution < 1.29 is 9.59 Å². The normalized spacial score (nSPS) is 20.9. The van der Waals surface area contributed by atoms with E-state index in [0.29, 0.717) is 17.8 Å². The average molecular weight is 335 g/mol. The Balaban J connectivity index is 1.78. The molecule has 5 nitrogen and oxygen atoms in total. The summed E-state index contributed by atoms with van der Waals surface area (Å²) in [5.41, 5.74) is 1.71. The lowest BCUT2D eigenvalue weighted by Crippen LogP contribution is -2.60. The number of para-hydroxylation sites is 2. The first kappa shape index (κ1) is 15.7. The van der Waals surface area contributed by atoms with Crippen LogP contribution in [0.4, 0.5) is 11.4 Å². The number of nitrogens with zero attached hydrogens (tertiary/aromatic N) is 1. The van der Waals surface area contributed by atoms with E-state index < -0.39 is 5.66 Å². The van der Waals surface area contributed by atoms with Gasteiger partial charge in [0.2, 0.25) is 5.66 Å². The van der Waals surface area contributed by atoms with Crippen LogP contribution in [-0.2, 0) is 10.5 Å². The predicted octanol–water partition coefficient (Wildman–Crippen LogP) is 3.23. The lowest BCUT2D eigenvalue weighted by Gasteiger charge is -2.36. The number of carbonyl (C=O) groups is 2. The second-order valence-corrected chi connectivity index (χ2v) is 6.56. The van der Waals surface area contributed by atoms with Crippen molar-refractivity contribution in [3.63, 3.8) is 0 Å². The number of unbranched alkanes of at least 4 members (excludes halogenated alkanes) is 2. The molecule has 128 valence electrons. The fourth-order valence-electron chi connectivity index (χ4n) is 3.70. The third-order valence-electron chi connectivity index (χ3n) is 4.94. The average Bonchev–Trinajstić information content (AvgIpc) is 2.85. The highest BCUT2D eigenvalue weighted by atomic mass is 16.2. The molecule has 4 rings (SSSR count). The first-order chi connectivity index (χ1) is 12.2. The number of rotatable bonds is 4. The van der Waals surface area contributed by atoms with E-state index in [1.807, 2.05) is 42.5 Å². The van der Waals surface area contributed by atoms with E-state index in [-0.39, 0.29) is 11.8 Å². The van der Waals surface area contributed by atoms with E-state index in [1.54, 1.807) is 11.0 Å². The molecule has 0 saturated carbocycles. The molecule has 0 aromatic heterocycles. The molecule has 2 N–H and O–H groups in total. The molecule has 2 heterocycles. The number of hydrogen-bond donors (Lipinski definition) is 2. The molecule has 2 amide bonds. The number of amides is 2. The number of hydrogen-bond acceptors (Lipinski definition) is 3. The predicted molar refractivity (Wildman–Crippen MR) is 97.5 cm³/mol. The van der Waals surface area contributed by atoms with Gasteiger partial charge in [-0.05, 0) is 24.6 Å². The van der Waals surface area contributed by atoms with Crippen molar-refractivity contribution >= 4 is 23.2 Å². The minimum Gasteiger partial charge on any atom is -0.350 e.